The number of rotatable bonds is 0. The minimum absolute atomic E-state index is 0.968. The van der Waals surface area contributed by atoms with Crippen LogP contribution in [-0.2, 0) is 6.42 Å². The molecule has 0 bridgehead atoms. The minimum Gasteiger partial charge on any atom is -0.260 e. The Morgan fingerprint density at radius 1 is 0.950 bits per heavy atom. The van der Waals surface area contributed by atoms with Gasteiger partial charge in [0.05, 0.1) is 5.69 Å². The summed E-state index contributed by atoms with van der Waals surface area (Å²) in [5.74, 6) is 0. The molecule has 0 radical (unpaired) electrons. The van der Waals surface area contributed by atoms with E-state index in [9.17, 15) is 0 Å². The quantitative estimate of drug-likeness (QED) is 0.445. The monoisotopic (exact) mass is 259 g/mol. The predicted octanol–water partition coefficient (Wildman–Crippen LogP) is 4.73. The van der Waals surface area contributed by atoms with Gasteiger partial charge in [-0.15, -0.1) is 0 Å². The molecule has 0 spiro atoms. The molecule has 0 atom stereocenters. The van der Waals surface area contributed by atoms with Crippen LogP contribution < -0.4 is 0 Å². The highest BCUT2D eigenvalue weighted by Crippen LogP contribution is 2.42. The number of hydrogen-bond donors (Lipinski definition) is 0. The Balaban J connectivity index is 2.15. The molecule has 0 fully saturated rings. The zero-order valence-corrected chi connectivity index (χ0v) is 12.1. The third-order valence-corrected chi connectivity index (χ3v) is 4.55. The molecule has 1 aliphatic carbocycles. The summed E-state index contributed by atoms with van der Waals surface area (Å²) in [6.45, 7) is 6.58. The van der Waals surface area contributed by atoms with Crippen molar-refractivity contribution in [2.75, 3.05) is 0 Å². The minimum atomic E-state index is 0.968. The van der Waals surface area contributed by atoms with Crippen LogP contribution in [0.5, 0.6) is 0 Å². The van der Waals surface area contributed by atoms with Crippen molar-refractivity contribution in [3.8, 4) is 11.1 Å². The van der Waals surface area contributed by atoms with Crippen molar-refractivity contribution in [3.63, 3.8) is 0 Å². The summed E-state index contributed by atoms with van der Waals surface area (Å²) in [5.41, 5.74) is 9.47. The van der Waals surface area contributed by atoms with Crippen LogP contribution in [0, 0.1) is 20.8 Å². The first kappa shape index (κ1) is 11.7. The van der Waals surface area contributed by atoms with E-state index in [0.29, 0.717) is 0 Å². The lowest BCUT2D eigenvalue weighted by Gasteiger charge is -2.10. The zero-order chi connectivity index (χ0) is 13.9. The van der Waals surface area contributed by atoms with Gasteiger partial charge in [0.2, 0.25) is 0 Å². The average molecular weight is 259 g/mol. The summed E-state index contributed by atoms with van der Waals surface area (Å²) in [7, 11) is 0. The van der Waals surface area contributed by atoms with Crippen LogP contribution in [0.3, 0.4) is 0 Å². The molecule has 2 aromatic carbocycles. The van der Waals surface area contributed by atoms with Crippen LogP contribution in [0.2, 0.25) is 0 Å². The van der Waals surface area contributed by atoms with Gasteiger partial charge in [-0.2, -0.15) is 0 Å². The molecule has 0 aliphatic heterocycles. The molecule has 4 rings (SSSR count). The van der Waals surface area contributed by atoms with Gasteiger partial charge in [0.25, 0.3) is 0 Å². The first-order valence-electron chi connectivity index (χ1n) is 7.13. The number of benzene rings is 2. The van der Waals surface area contributed by atoms with Crippen LogP contribution in [-0.4, -0.2) is 4.98 Å². The van der Waals surface area contributed by atoms with E-state index in [4.69, 9.17) is 4.98 Å². The smallest absolute Gasteiger partial charge is 0.0532 e. The molecule has 1 heterocycles. The van der Waals surface area contributed by atoms with Gasteiger partial charge in [-0.25, -0.2) is 0 Å². The van der Waals surface area contributed by atoms with Gasteiger partial charge < -0.3 is 0 Å². The molecule has 1 aromatic heterocycles. The summed E-state index contributed by atoms with van der Waals surface area (Å²) in [6.07, 6.45) is 2.99. The van der Waals surface area contributed by atoms with E-state index in [1.165, 1.54) is 49.8 Å². The maximum Gasteiger partial charge on any atom is 0.0532 e. The molecule has 1 heteroatoms. The summed E-state index contributed by atoms with van der Waals surface area (Å²) >= 11 is 0. The van der Waals surface area contributed by atoms with Gasteiger partial charge in [0.15, 0.2) is 0 Å². The van der Waals surface area contributed by atoms with E-state index in [0.717, 1.165) is 6.42 Å². The van der Waals surface area contributed by atoms with Crippen molar-refractivity contribution >= 4 is 10.8 Å². The van der Waals surface area contributed by atoms with Crippen LogP contribution >= 0.6 is 0 Å². The van der Waals surface area contributed by atoms with Gasteiger partial charge in [0, 0.05) is 23.6 Å². The van der Waals surface area contributed by atoms with Gasteiger partial charge in [-0.05, 0) is 54.0 Å². The van der Waals surface area contributed by atoms with E-state index in [2.05, 4.69) is 51.1 Å². The van der Waals surface area contributed by atoms with Crippen molar-refractivity contribution in [1.82, 2.24) is 4.98 Å². The van der Waals surface area contributed by atoms with Crippen molar-refractivity contribution in [1.29, 1.82) is 0 Å². The highest BCUT2D eigenvalue weighted by Gasteiger charge is 2.23. The number of aromatic nitrogens is 1. The van der Waals surface area contributed by atoms with E-state index in [1.807, 2.05) is 6.20 Å². The fourth-order valence-electron chi connectivity index (χ4n) is 3.36. The zero-order valence-electron chi connectivity index (χ0n) is 12.1. The fourth-order valence-corrected chi connectivity index (χ4v) is 3.36. The maximum atomic E-state index is 4.70. The Hall–Kier alpha value is -2.15. The molecule has 3 aromatic rings. The normalized spacial score (nSPS) is 12.6. The Bertz CT molecular complexity index is 859. The highest BCUT2D eigenvalue weighted by molar-refractivity contribution is 6.02. The molecule has 0 amide bonds. The second-order valence-electron chi connectivity index (χ2n) is 5.89. The molecule has 1 nitrogen and oxygen atoms in total. The molecule has 98 valence electrons. The lowest BCUT2D eigenvalue weighted by molar-refractivity contribution is 1.13. The number of hydrogen-bond acceptors (Lipinski definition) is 1. The summed E-state index contributed by atoms with van der Waals surface area (Å²) < 4.78 is 0. The largest absolute Gasteiger partial charge is 0.260 e. The number of pyridine rings is 1. The highest BCUT2D eigenvalue weighted by atomic mass is 14.7. The fraction of sp³-hybridized carbons (Fsp3) is 0.211. The van der Waals surface area contributed by atoms with Crippen molar-refractivity contribution in [2.24, 2.45) is 0 Å². The first-order chi connectivity index (χ1) is 9.65. The second-order valence-corrected chi connectivity index (χ2v) is 5.89. The van der Waals surface area contributed by atoms with Crippen LogP contribution in [0.25, 0.3) is 21.9 Å². The molecule has 0 N–H and O–H groups in total. The van der Waals surface area contributed by atoms with Gasteiger partial charge >= 0.3 is 0 Å². The third kappa shape index (κ3) is 1.46. The van der Waals surface area contributed by atoms with Gasteiger partial charge in [0.1, 0.15) is 0 Å². The average Bonchev–Trinajstić information content (AvgIpc) is 2.77. The Morgan fingerprint density at radius 3 is 2.60 bits per heavy atom. The molecular weight excluding hydrogens is 242 g/mol. The Kier molecular flexibility index (Phi) is 2.29. The molecule has 0 saturated carbocycles. The lowest BCUT2D eigenvalue weighted by Crippen LogP contribution is -1.89. The topological polar surface area (TPSA) is 12.9 Å². The second kappa shape index (κ2) is 3.92. The lowest BCUT2D eigenvalue weighted by atomic mass is 9.95. The molecule has 1 aliphatic rings. The van der Waals surface area contributed by atoms with Crippen LogP contribution in [0.4, 0.5) is 0 Å². The summed E-state index contributed by atoms with van der Waals surface area (Å²) in [6, 6.07) is 11.1. The van der Waals surface area contributed by atoms with E-state index in [1.54, 1.807) is 0 Å². The third-order valence-electron chi connectivity index (χ3n) is 4.55. The summed E-state index contributed by atoms with van der Waals surface area (Å²) in [4.78, 5) is 4.70. The van der Waals surface area contributed by atoms with Crippen molar-refractivity contribution in [3.05, 3.63) is 64.5 Å². The first-order valence-corrected chi connectivity index (χ1v) is 7.13. The van der Waals surface area contributed by atoms with E-state index < -0.39 is 0 Å². The van der Waals surface area contributed by atoms with Crippen LogP contribution in [0.15, 0.2) is 36.5 Å². The van der Waals surface area contributed by atoms with E-state index >= 15 is 0 Å². The summed E-state index contributed by atoms with van der Waals surface area (Å²) in [5, 5.41) is 2.62. The molecule has 0 saturated heterocycles. The Labute approximate surface area is 119 Å². The molecule has 0 unspecified atom stereocenters. The molecule has 20 heavy (non-hydrogen) atoms. The standard InChI is InChI=1S/C19H17N/c1-11-5-4-6-14-10-20-17-9-15-7-12(2)13(3)8-16(15)19(17)18(11)14/h4-8,10H,9H2,1-3H3. The number of nitrogens with zero attached hydrogens (tertiary/aromatic N) is 1. The Morgan fingerprint density at radius 2 is 1.75 bits per heavy atom. The van der Waals surface area contributed by atoms with E-state index in [-0.39, 0.29) is 0 Å². The maximum absolute atomic E-state index is 4.70. The number of fused-ring (bicyclic) bond motifs is 5. The number of aryl methyl sites for hydroxylation is 3. The van der Waals surface area contributed by atoms with Gasteiger partial charge in [-0.3, -0.25) is 4.98 Å². The van der Waals surface area contributed by atoms with Crippen molar-refractivity contribution < 1.29 is 0 Å². The SMILES string of the molecule is Cc1cc2c(cc1C)-c1c(ncc3cccc(C)c13)C2. The van der Waals surface area contributed by atoms with Crippen molar-refractivity contribution in [2.45, 2.75) is 27.2 Å². The van der Waals surface area contributed by atoms with Crippen LogP contribution in [0.1, 0.15) is 27.9 Å². The van der Waals surface area contributed by atoms with Gasteiger partial charge in [-0.1, -0.05) is 30.3 Å². The predicted molar refractivity (Wildman–Crippen MR) is 84.2 cm³/mol. The molecular formula is C19H17N.